The SMILES string of the molecule is O=C(NCc1ccc(OC2CCCCC2)cc1)C1CCN(C(=O)N2CCCC2)CC1. The molecule has 2 aliphatic heterocycles. The number of carbonyl (C=O) groups excluding carboxylic acids is 2. The predicted octanol–water partition coefficient (Wildman–Crippen LogP) is 3.94. The van der Waals surface area contributed by atoms with Gasteiger partial charge in [0.2, 0.25) is 5.91 Å². The van der Waals surface area contributed by atoms with Crippen LogP contribution in [-0.2, 0) is 11.3 Å². The first-order chi connectivity index (χ1) is 14.7. The first-order valence-corrected chi connectivity index (χ1v) is 11.8. The fourth-order valence-electron chi connectivity index (χ4n) is 4.84. The predicted molar refractivity (Wildman–Crippen MR) is 116 cm³/mol. The molecule has 3 amide bonds. The summed E-state index contributed by atoms with van der Waals surface area (Å²) in [6, 6.07) is 8.25. The van der Waals surface area contributed by atoms with Crippen molar-refractivity contribution in [2.75, 3.05) is 26.2 Å². The molecule has 1 saturated carbocycles. The van der Waals surface area contributed by atoms with E-state index in [1.54, 1.807) is 0 Å². The van der Waals surface area contributed by atoms with Crippen molar-refractivity contribution in [2.45, 2.75) is 70.4 Å². The Morgan fingerprint density at radius 3 is 2.13 bits per heavy atom. The minimum atomic E-state index is 0.00142. The molecule has 1 aliphatic carbocycles. The summed E-state index contributed by atoms with van der Waals surface area (Å²) in [5.74, 6) is 1.03. The third kappa shape index (κ3) is 5.46. The molecule has 1 aromatic carbocycles. The molecule has 1 aromatic rings. The number of rotatable bonds is 5. The van der Waals surface area contributed by atoms with Crippen molar-refractivity contribution in [3.05, 3.63) is 29.8 Å². The molecule has 0 radical (unpaired) electrons. The second-order valence-electron chi connectivity index (χ2n) is 8.98. The van der Waals surface area contributed by atoms with Crippen molar-refractivity contribution in [3.63, 3.8) is 0 Å². The molecular formula is C24H35N3O3. The smallest absolute Gasteiger partial charge is 0.319 e. The van der Waals surface area contributed by atoms with Crippen molar-refractivity contribution in [2.24, 2.45) is 5.92 Å². The Balaban J connectivity index is 1.18. The Bertz CT molecular complexity index is 701. The Morgan fingerprint density at radius 2 is 1.47 bits per heavy atom. The average molecular weight is 414 g/mol. The van der Waals surface area contributed by atoms with Crippen molar-refractivity contribution in [1.82, 2.24) is 15.1 Å². The number of benzene rings is 1. The van der Waals surface area contributed by atoms with E-state index < -0.39 is 0 Å². The highest BCUT2D eigenvalue weighted by molar-refractivity contribution is 5.79. The fraction of sp³-hybridized carbons (Fsp3) is 0.667. The molecule has 164 valence electrons. The van der Waals surface area contributed by atoms with Crippen LogP contribution in [0.2, 0.25) is 0 Å². The van der Waals surface area contributed by atoms with E-state index in [-0.39, 0.29) is 17.9 Å². The minimum Gasteiger partial charge on any atom is -0.490 e. The minimum absolute atomic E-state index is 0.00142. The lowest BCUT2D eigenvalue weighted by atomic mass is 9.96. The van der Waals surface area contributed by atoms with Gasteiger partial charge in [-0.05, 0) is 69.1 Å². The number of hydrogen-bond donors (Lipinski definition) is 1. The van der Waals surface area contributed by atoms with Crippen LogP contribution in [0, 0.1) is 5.92 Å². The molecule has 3 fully saturated rings. The summed E-state index contributed by atoms with van der Waals surface area (Å²) in [5.41, 5.74) is 1.08. The van der Waals surface area contributed by atoms with Crippen LogP contribution < -0.4 is 10.1 Å². The summed E-state index contributed by atoms with van der Waals surface area (Å²) in [5, 5.41) is 3.08. The van der Waals surface area contributed by atoms with Gasteiger partial charge >= 0.3 is 6.03 Å². The zero-order valence-electron chi connectivity index (χ0n) is 18.0. The van der Waals surface area contributed by atoms with Gasteiger partial charge in [0.25, 0.3) is 0 Å². The van der Waals surface area contributed by atoms with Crippen LogP contribution in [0.25, 0.3) is 0 Å². The lowest BCUT2D eigenvalue weighted by Crippen LogP contribution is -2.47. The zero-order valence-corrected chi connectivity index (χ0v) is 18.0. The maximum absolute atomic E-state index is 12.6. The molecular weight excluding hydrogens is 378 g/mol. The normalized spacial score (nSPS) is 20.9. The second-order valence-corrected chi connectivity index (χ2v) is 8.98. The van der Waals surface area contributed by atoms with E-state index in [9.17, 15) is 9.59 Å². The van der Waals surface area contributed by atoms with Gasteiger partial charge in [0, 0.05) is 38.6 Å². The van der Waals surface area contributed by atoms with Gasteiger partial charge in [-0.1, -0.05) is 18.6 Å². The van der Waals surface area contributed by atoms with Crippen LogP contribution in [0.4, 0.5) is 4.79 Å². The van der Waals surface area contributed by atoms with Gasteiger partial charge in [-0.25, -0.2) is 4.79 Å². The average Bonchev–Trinajstić information content (AvgIpc) is 3.34. The molecule has 3 aliphatic rings. The quantitative estimate of drug-likeness (QED) is 0.795. The number of hydrogen-bond acceptors (Lipinski definition) is 3. The van der Waals surface area contributed by atoms with Crippen molar-refractivity contribution in [1.29, 1.82) is 0 Å². The Kier molecular flexibility index (Phi) is 7.13. The highest BCUT2D eigenvalue weighted by atomic mass is 16.5. The molecule has 0 aromatic heterocycles. The van der Waals surface area contributed by atoms with E-state index in [1.165, 1.54) is 19.3 Å². The van der Waals surface area contributed by atoms with Gasteiger partial charge < -0.3 is 19.9 Å². The number of urea groups is 1. The molecule has 1 N–H and O–H groups in total. The highest BCUT2D eigenvalue weighted by Gasteiger charge is 2.30. The van der Waals surface area contributed by atoms with Gasteiger partial charge in [-0.15, -0.1) is 0 Å². The maximum atomic E-state index is 12.6. The third-order valence-corrected chi connectivity index (χ3v) is 6.76. The lowest BCUT2D eigenvalue weighted by molar-refractivity contribution is -0.126. The van der Waals surface area contributed by atoms with Crippen LogP contribution in [0.1, 0.15) is 63.4 Å². The molecule has 6 nitrogen and oxygen atoms in total. The molecule has 2 heterocycles. The number of piperidine rings is 1. The highest BCUT2D eigenvalue weighted by Crippen LogP contribution is 2.24. The van der Waals surface area contributed by atoms with Crippen molar-refractivity contribution in [3.8, 4) is 5.75 Å². The van der Waals surface area contributed by atoms with Crippen molar-refractivity contribution < 1.29 is 14.3 Å². The number of amides is 3. The van der Waals surface area contributed by atoms with Crippen LogP contribution in [0.5, 0.6) is 5.75 Å². The first-order valence-electron chi connectivity index (χ1n) is 11.8. The number of ether oxygens (including phenoxy) is 1. The van der Waals surface area contributed by atoms with E-state index in [1.807, 2.05) is 34.1 Å². The van der Waals surface area contributed by atoms with E-state index >= 15 is 0 Å². The monoisotopic (exact) mass is 413 g/mol. The van der Waals surface area contributed by atoms with Gasteiger partial charge in [0.1, 0.15) is 5.75 Å². The Labute approximate surface area is 179 Å². The molecule has 4 rings (SSSR count). The number of nitrogens with one attached hydrogen (secondary N) is 1. The van der Waals surface area contributed by atoms with Gasteiger partial charge in [-0.2, -0.15) is 0 Å². The second kappa shape index (κ2) is 10.2. The van der Waals surface area contributed by atoms with E-state index in [0.29, 0.717) is 25.7 Å². The van der Waals surface area contributed by atoms with E-state index in [0.717, 1.165) is 62.9 Å². The first kappa shape index (κ1) is 21.0. The zero-order chi connectivity index (χ0) is 20.8. The molecule has 30 heavy (non-hydrogen) atoms. The summed E-state index contributed by atoms with van der Waals surface area (Å²) in [7, 11) is 0. The number of nitrogens with zero attached hydrogens (tertiary/aromatic N) is 2. The molecule has 0 atom stereocenters. The molecule has 0 spiro atoms. The molecule has 0 unspecified atom stereocenters. The van der Waals surface area contributed by atoms with E-state index in [2.05, 4.69) is 5.32 Å². The lowest BCUT2D eigenvalue weighted by Gasteiger charge is -2.34. The Hall–Kier alpha value is -2.24. The summed E-state index contributed by atoms with van der Waals surface area (Å²) < 4.78 is 6.07. The number of likely N-dealkylation sites (tertiary alicyclic amines) is 2. The van der Waals surface area contributed by atoms with Gasteiger partial charge in [-0.3, -0.25) is 4.79 Å². The standard InChI is InChI=1S/C24H35N3O3/c28-23(20-12-16-27(17-13-20)24(29)26-14-4-5-15-26)25-18-19-8-10-22(11-9-19)30-21-6-2-1-3-7-21/h8-11,20-21H,1-7,12-18H2,(H,25,28). The summed E-state index contributed by atoms with van der Waals surface area (Å²) in [6.45, 7) is 3.66. The van der Waals surface area contributed by atoms with Crippen LogP contribution in [-0.4, -0.2) is 54.0 Å². The summed E-state index contributed by atoms with van der Waals surface area (Å²) in [6.07, 6.45) is 10.2. The summed E-state index contributed by atoms with van der Waals surface area (Å²) >= 11 is 0. The van der Waals surface area contributed by atoms with Crippen molar-refractivity contribution >= 4 is 11.9 Å². The molecule has 0 bridgehead atoms. The van der Waals surface area contributed by atoms with E-state index in [4.69, 9.17) is 4.74 Å². The van der Waals surface area contributed by atoms with Gasteiger partial charge in [0.15, 0.2) is 0 Å². The largest absolute Gasteiger partial charge is 0.490 e. The third-order valence-electron chi connectivity index (χ3n) is 6.76. The van der Waals surface area contributed by atoms with Crippen LogP contribution in [0.15, 0.2) is 24.3 Å². The maximum Gasteiger partial charge on any atom is 0.319 e. The number of carbonyl (C=O) groups is 2. The molecule has 6 heteroatoms. The summed E-state index contributed by atoms with van der Waals surface area (Å²) in [4.78, 5) is 28.9. The van der Waals surface area contributed by atoms with Gasteiger partial charge in [0.05, 0.1) is 6.10 Å². The van der Waals surface area contributed by atoms with Crippen LogP contribution >= 0.6 is 0 Å². The fourth-order valence-corrected chi connectivity index (χ4v) is 4.84. The topological polar surface area (TPSA) is 61.9 Å². The Morgan fingerprint density at radius 1 is 0.833 bits per heavy atom. The molecule has 2 saturated heterocycles. The van der Waals surface area contributed by atoms with Crippen LogP contribution in [0.3, 0.4) is 0 Å².